The van der Waals surface area contributed by atoms with E-state index in [-0.39, 0.29) is 5.41 Å². The van der Waals surface area contributed by atoms with Gasteiger partial charge in [-0.3, -0.25) is 0 Å². The van der Waals surface area contributed by atoms with E-state index in [1.54, 1.807) is 0 Å². The molecule has 0 aliphatic heterocycles. The lowest BCUT2D eigenvalue weighted by atomic mass is 9.86. The Balaban J connectivity index is 2.85. The minimum atomic E-state index is 0.236. The van der Waals surface area contributed by atoms with Crippen molar-refractivity contribution in [3.05, 3.63) is 53.1 Å². The molecule has 0 fully saturated rings. The summed E-state index contributed by atoms with van der Waals surface area (Å²) in [6.45, 7) is 11.0. The minimum Gasteiger partial charge on any atom is -0.0845 e. The van der Waals surface area contributed by atoms with Gasteiger partial charge in [-0.25, -0.2) is 0 Å². The summed E-state index contributed by atoms with van der Waals surface area (Å²) < 4.78 is 0. The molecule has 0 spiro atoms. The van der Waals surface area contributed by atoms with Gasteiger partial charge in [0.2, 0.25) is 0 Å². The van der Waals surface area contributed by atoms with Gasteiger partial charge in [0.15, 0.2) is 0 Å². The zero-order valence-corrected chi connectivity index (χ0v) is 11.7. The van der Waals surface area contributed by atoms with Gasteiger partial charge in [-0.05, 0) is 29.9 Å². The van der Waals surface area contributed by atoms with Crippen LogP contribution in [-0.4, -0.2) is 0 Å². The van der Waals surface area contributed by atoms with Crippen LogP contribution in [0.5, 0.6) is 0 Å². The summed E-state index contributed by atoms with van der Waals surface area (Å²) in [6.07, 6.45) is 7.68. The highest BCUT2D eigenvalue weighted by Crippen LogP contribution is 2.22. The van der Waals surface area contributed by atoms with Gasteiger partial charge in [0.25, 0.3) is 0 Å². The van der Waals surface area contributed by atoms with Gasteiger partial charge in [0, 0.05) is 0 Å². The first kappa shape index (κ1) is 13.8. The Hall–Kier alpha value is -1.30. The van der Waals surface area contributed by atoms with Crippen LogP contribution in [0.15, 0.2) is 42.0 Å². The average Bonchev–Trinajstić information content (AvgIpc) is 2.26. The molecule has 0 atom stereocenters. The van der Waals surface area contributed by atoms with Crippen LogP contribution in [-0.2, 0) is 5.41 Å². The molecular formula is C17H24. The minimum absolute atomic E-state index is 0.236. The predicted molar refractivity (Wildman–Crippen MR) is 78.2 cm³/mol. The van der Waals surface area contributed by atoms with Crippen molar-refractivity contribution in [3.63, 3.8) is 0 Å². The van der Waals surface area contributed by atoms with Crippen molar-refractivity contribution in [3.8, 4) is 0 Å². The zero-order chi connectivity index (χ0) is 12.9. The average molecular weight is 228 g/mol. The van der Waals surface area contributed by atoms with Gasteiger partial charge >= 0.3 is 0 Å². The van der Waals surface area contributed by atoms with E-state index in [1.807, 2.05) is 0 Å². The molecule has 0 N–H and O–H groups in total. The Kier molecular flexibility index (Phi) is 4.74. The van der Waals surface area contributed by atoms with Crippen LogP contribution in [0.4, 0.5) is 0 Å². The Bertz CT molecular complexity index is 397. The molecule has 0 aliphatic carbocycles. The van der Waals surface area contributed by atoms with Crippen LogP contribution in [0, 0.1) is 0 Å². The summed E-state index contributed by atoms with van der Waals surface area (Å²) >= 11 is 0. The first-order valence-electron chi connectivity index (χ1n) is 6.39. The fourth-order valence-electron chi connectivity index (χ4n) is 1.69. The van der Waals surface area contributed by atoms with E-state index >= 15 is 0 Å². The number of hydrogen-bond donors (Lipinski definition) is 0. The van der Waals surface area contributed by atoms with Crippen molar-refractivity contribution in [2.45, 2.75) is 46.5 Å². The first-order valence-corrected chi connectivity index (χ1v) is 6.39. The van der Waals surface area contributed by atoms with Crippen LogP contribution in [0.3, 0.4) is 0 Å². The summed E-state index contributed by atoms with van der Waals surface area (Å²) in [7, 11) is 0. The molecule has 1 aromatic carbocycles. The summed E-state index contributed by atoms with van der Waals surface area (Å²) in [5.41, 5.74) is 4.20. The Labute approximate surface area is 106 Å². The molecule has 0 heterocycles. The normalized spacial score (nSPS) is 13.4. The molecular weight excluding hydrogens is 204 g/mol. The Morgan fingerprint density at radius 2 is 1.71 bits per heavy atom. The molecule has 0 radical (unpaired) electrons. The molecule has 1 rings (SSSR count). The van der Waals surface area contributed by atoms with Crippen molar-refractivity contribution in [2.75, 3.05) is 0 Å². The van der Waals surface area contributed by atoms with E-state index in [0.717, 1.165) is 6.42 Å². The molecule has 1 aromatic rings. The van der Waals surface area contributed by atoms with Gasteiger partial charge in [0.1, 0.15) is 0 Å². The van der Waals surface area contributed by atoms with Gasteiger partial charge in [0.05, 0.1) is 0 Å². The van der Waals surface area contributed by atoms with E-state index in [0.29, 0.717) is 0 Å². The maximum atomic E-state index is 2.24. The van der Waals surface area contributed by atoms with Crippen LogP contribution < -0.4 is 0 Å². The van der Waals surface area contributed by atoms with E-state index in [4.69, 9.17) is 0 Å². The molecule has 0 saturated carbocycles. The molecule has 0 amide bonds. The van der Waals surface area contributed by atoms with Crippen molar-refractivity contribution < 1.29 is 0 Å². The lowest BCUT2D eigenvalue weighted by molar-refractivity contribution is 0.590. The summed E-state index contributed by atoms with van der Waals surface area (Å²) in [5.74, 6) is 0. The van der Waals surface area contributed by atoms with E-state index < -0.39 is 0 Å². The van der Waals surface area contributed by atoms with Gasteiger partial charge in [-0.2, -0.15) is 0 Å². The van der Waals surface area contributed by atoms with E-state index in [1.165, 1.54) is 16.7 Å². The first-order chi connectivity index (χ1) is 7.93. The fourth-order valence-corrected chi connectivity index (χ4v) is 1.69. The Morgan fingerprint density at radius 3 is 2.18 bits per heavy atom. The number of hydrogen-bond acceptors (Lipinski definition) is 0. The SMILES string of the molecule is CCC=CC(C)=Cc1ccc(C(C)(C)C)cc1. The maximum Gasteiger partial charge on any atom is -0.0132 e. The molecule has 0 unspecified atom stereocenters. The third-order valence-electron chi connectivity index (χ3n) is 2.79. The van der Waals surface area contributed by atoms with Crippen LogP contribution >= 0.6 is 0 Å². The molecule has 0 nitrogen and oxygen atoms in total. The third kappa shape index (κ3) is 4.60. The molecule has 0 saturated heterocycles. The van der Waals surface area contributed by atoms with E-state index in [9.17, 15) is 0 Å². The predicted octanol–water partition coefficient (Wildman–Crippen LogP) is 5.35. The van der Waals surface area contributed by atoms with E-state index in [2.05, 4.69) is 77.1 Å². The lowest BCUT2D eigenvalue weighted by Crippen LogP contribution is -2.10. The van der Waals surface area contributed by atoms with Crippen LogP contribution in [0.25, 0.3) is 6.08 Å². The molecule has 0 bridgehead atoms. The fraction of sp³-hybridized carbons (Fsp3) is 0.412. The largest absolute Gasteiger partial charge is 0.0845 e. The van der Waals surface area contributed by atoms with Gasteiger partial charge < -0.3 is 0 Å². The standard InChI is InChI=1S/C17H24/c1-6-7-8-14(2)13-15-9-11-16(12-10-15)17(3,4)5/h7-13H,6H2,1-5H3. The van der Waals surface area contributed by atoms with Crippen molar-refractivity contribution in [2.24, 2.45) is 0 Å². The number of benzene rings is 1. The third-order valence-corrected chi connectivity index (χ3v) is 2.79. The second kappa shape index (κ2) is 5.86. The molecule has 0 heteroatoms. The number of rotatable bonds is 3. The molecule has 92 valence electrons. The Morgan fingerprint density at radius 1 is 1.12 bits per heavy atom. The highest BCUT2D eigenvalue weighted by Gasteiger charge is 2.12. The second-order valence-electron chi connectivity index (χ2n) is 5.57. The van der Waals surface area contributed by atoms with Crippen LogP contribution in [0.1, 0.15) is 52.2 Å². The van der Waals surface area contributed by atoms with Crippen molar-refractivity contribution in [1.82, 2.24) is 0 Å². The highest BCUT2D eigenvalue weighted by atomic mass is 14.2. The monoisotopic (exact) mass is 228 g/mol. The van der Waals surface area contributed by atoms with Crippen molar-refractivity contribution in [1.29, 1.82) is 0 Å². The van der Waals surface area contributed by atoms with Gasteiger partial charge in [-0.1, -0.05) is 75.8 Å². The summed E-state index contributed by atoms with van der Waals surface area (Å²) in [5, 5.41) is 0. The molecule has 0 aromatic heterocycles. The smallest absolute Gasteiger partial charge is 0.0132 e. The number of allylic oxidation sites excluding steroid dienone is 3. The van der Waals surface area contributed by atoms with Crippen LogP contribution in [0.2, 0.25) is 0 Å². The van der Waals surface area contributed by atoms with Gasteiger partial charge in [-0.15, -0.1) is 0 Å². The summed E-state index contributed by atoms with van der Waals surface area (Å²) in [6, 6.07) is 8.85. The zero-order valence-electron chi connectivity index (χ0n) is 11.7. The topological polar surface area (TPSA) is 0 Å². The summed E-state index contributed by atoms with van der Waals surface area (Å²) in [4.78, 5) is 0. The lowest BCUT2D eigenvalue weighted by Gasteiger charge is -2.18. The molecule has 17 heavy (non-hydrogen) atoms. The van der Waals surface area contributed by atoms with Crippen molar-refractivity contribution >= 4 is 6.08 Å². The molecule has 0 aliphatic rings. The highest BCUT2D eigenvalue weighted by molar-refractivity contribution is 5.55. The maximum absolute atomic E-state index is 2.24. The second-order valence-corrected chi connectivity index (χ2v) is 5.57. The quantitative estimate of drug-likeness (QED) is 0.611.